The van der Waals surface area contributed by atoms with Crippen molar-refractivity contribution in [2.75, 3.05) is 10.6 Å². The molecule has 0 spiro atoms. The fraction of sp³-hybridized carbons (Fsp3) is 0.176. The first-order chi connectivity index (χ1) is 13.4. The molecule has 0 atom stereocenters. The summed E-state index contributed by atoms with van der Waals surface area (Å²) in [7, 11) is -3.71. The number of halogens is 4. The lowest BCUT2D eigenvalue weighted by Gasteiger charge is -2.22. The topological polar surface area (TPSA) is 95.6 Å². The number of hydrazine groups is 1. The van der Waals surface area contributed by atoms with Crippen LogP contribution in [0.1, 0.15) is 15.9 Å². The Balaban J connectivity index is 2.18. The highest BCUT2D eigenvalue weighted by molar-refractivity contribution is 7.92. The van der Waals surface area contributed by atoms with Crippen molar-refractivity contribution in [2.45, 2.75) is 12.7 Å². The maximum absolute atomic E-state index is 14.2. The zero-order chi connectivity index (χ0) is 21.8. The van der Waals surface area contributed by atoms with Gasteiger partial charge in [0, 0.05) is 0 Å². The van der Waals surface area contributed by atoms with E-state index in [4.69, 9.17) is 0 Å². The molecule has 7 nitrogen and oxygen atoms in total. The van der Waals surface area contributed by atoms with Crippen LogP contribution in [0, 0.1) is 5.82 Å². The highest BCUT2D eigenvalue weighted by atomic mass is 32.2. The second-order valence-corrected chi connectivity index (χ2v) is 7.73. The van der Waals surface area contributed by atoms with Crippen molar-refractivity contribution in [3.63, 3.8) is 0 Å². The first-order valence-corrected chi connectivity index (χ1v) is 9.73. The van der Waals surface area contributed by atoms with Gasteiger partial charge in [0.25, 0.3) is 5.91 Å². The van der Waals surface area contributed by atoms with Crippen molar-refractivity contribution in [2.24, 2.45) is 0 Å². The second-order valence-electron chi connectivity index (χ2n) is 5.83. The van der Waals surface area contributed by atoms with Gasteiger partial charge >= 0.3 is 12.1 Å². The fourth-order valence-corrected chi connectivity index (χ4v) is 3.14. The minimum absolute atomic E-state index is 0.188. The third-order valence-electron chi connectivity index (χ3n) is 3.60. The monoisotopic (exact) mass is 433 g/mol. The summed E-state index contributed by atoms with van der Waals surface area (Å²) in [6, 6.07) is 11.1. The minimum atomic E-state index is -5.22. The van der Waals surface area contributed by atoms with Crippen molar-refractivity contribution >= 4 is 27.5 Å². The van der Waals surface area contributed by atoms with Gasteiger partial charge in [-0.05, 0) is 29.8 Å². The number of anilines is 1. The van der Waals surface area contributed by atoms with Gasteiger partial charge in [0.15, 0.2) is 0 Å². The number of hydrogen-bond donors (Lipinski definition) is 2. The van der Waals surface area contributed by atoms with Crippen molar-refractivity contribution < 1.29 is 35.6 Å². The summed E-state index contributed by atoms with van der Waals surface area (Å²) < 4.78 is 75.7. The lowest BCUT2D eigenvalue weighted by Crippen LogP contribution is -2.47. The smallest absolute Gasteiger partial charge is 0.267 e. The Morgan fingerprint density at radius 2 is 1.66 bits per heavy atom. The van der Waals surface area contributed by atoms with E-state index in [2.05, 4.69) is 0 Å². The van der Waals surface area contributed by atoms with E-state index in [0.717, 1.165) is 28.1 Å². The van der Waals surface area contributed by atoms with Crippen LogP contribution in [0.5, 0.6) is 0 Å². The lowest BCUT2D eigenvalue weighted by atomic mass is 10.1. The van der Waals surface area contributed by atoms with Crippen LogP contribution in [0.4, 0.5) is 23.2 Å². The number of nitrogens with one attached hydrogen (secondary N) is 2. The molecule has 0 heterocycles. The Hall–Kier alpha value is -3.15. The number of carbonyl (C=O) groups is 2. The summed E-state index contributed by atoms with van der Waals surface area (Å²) in [5, 5.41) is 0. The van der Waals surface area contributed by atoms with Crippen LogP contribution in [-0.2, 0) is 21.4 Å². The molecule has 2 rings (SSSR count). The highest BCUT2D eigenvalue weighted by Crippen LogP contribution is 2.21. The molecule has 2 aromatic carbocycles. The molecule has 0 bridgehead atoms. The zero-order valence-electron chi connectivity index (χ0n) is 14.8. The van der Waals surface area contributed by atoms with Crippen LogP contribution in [0.25, 0.3) is 0 Å². The van der Waals surface area contributed by atoms with Gasteiger partial charge in [0.1, 0.15) is 5.82 Å². The summed E-state index contributed by atoms with van der Waals surface area (Å²) in [5.41, 5.74) is 2.46. The SMILES string of the molecule is CS(=O)(=O)N(Cc1ccc(C(=O)NNC(=O)C(F)(F)F)c(F)c1)c1ccccc1. The molecule has 0 fully saturated rings. The molecule has 0 aliphatic heterocycles. The number of amides is 2. The standard InChI is InChI=1S/C17H15F4N3O4S/c1-29(27,28)24(12-5-3-2-4-6-12)10-11-7-8-13(14(18)9-11)15(25)22-23-16(26)17(19,20)21/h2-9H,10H2,1H3,(H,22,25)(H,23,26). The summed E-state index contributed by atoms with van der Waals surface area (Å²) >= 11 is 0. The molecule has 0 saturated heterocycles. The Labute approximate surface area is 163 Å². The molecule has 0 aliphatic rings. The first-order valence-electron chi connectivity index (χ1n) is 7.88. The van der Waals surface area contributed by atoms with Gasteiger partial charge < -0.3 is 0 Å². The average Bonchev–Trinajstić information content (AvgIpc) is 2.63. The van der Waals surface area contributed by atoms with E-state index in [1.54, 1.807) is 30.3 Å². The van der Waals surface area contributed by atoms with E-state index in [0.29, 0.717) is 5.69 Å². The number of rotatable bonds is 5. The lowest BCUT2D eigenvalue weighted by molar-refractivity contribution is -0.174. The van der Waals surface area contributed by atoms with Gasteiger partial charge in [-0.2, -0.15) is 13.2 Å². The summed E-state index contributed by atoms with van der Waals surface area (Å²) in [4.78, 5) is 22.5. The predicted molar refractivity (Wildman–Crippen MR) is 95.5 cm³/mol. The maximum atomic E-state index is 14.2. The molecular weight excluding hydrogens is 418 g/mol. The summed E-state index contributed by atoms with van der Waals surface area (Å²) in [5.74, 6) is -4.84. The van der Waals surface area contributed by atoms with E-state index in [1.807, 2.05) is 0 Å². The number of nitrogens with zero attached hydrogens (tertiary/aromatic N) is 1. The van der Waals surface area contributed by atoms with Crippen LogP contribution in [0.3, 0.4) is 0 Å². The minimum Gasteiger partial charge on any atom is -0.267 e. The molecular formula is C17H15F4N3O4S. The third kappa shape index (κ3) is 5.91. The van der Waals surface area contributed by atoms with Crippen molar-refractivity contribution in [3.8, 4) is 0 Å². The molecule has 29 heavy (non-hydrogen) atoms. The molecule has 156 valence electrons. The van der Waals surface area contributed by atoms with E-state index in [1.165, 1.54) is 11.5 Å². The molecule has 12 heteroatoms. The van der Waals surface area contributed by atoms with E-state index in [9.17, 15) is 35.6 Å². The maximum Gasteiger partial charge on any atom is 0.472 e. The molecule has 0 saturated carbocycles. The van der Waals surface area contributed by atoms with Crippen LogP contribution < -0.4 is 15.2 Å². The molecule has 2 N–H and O–H groups in total. The number of sulfonamides is 1. The van der Waals surface area contributed by atoms with Crippen molar-refractivity contribution in [1.29, 1.82) is 0 Å². The first kappa shape index (κ1) is 22.1. The van der Waals surface area contributed by atoms with Gasteiger partial charge in [-0.15, -0.1) is 0 Å². The molecule has 0 aromatic heterocycles. The number of para-hydroxylation sites is 1. The van der Waals surface area contributed by atoms with E-state index >= 15 is 0 Å². The van der Waals surface area contributed by atoms with Gasteiger partial charge in [-0.1, -0.05) is 24.3 Å². The quantitative estimate of drug-likeness (QED) is 0.558. The van der Waals surface area contributed by atoms with Crippen molar-refractivity contribution in [3.05, 3.63) is 65.5 Å². The van der Waals surface area contributed by atoms with Gasteiger partial charge in [0.05, 0.1) is 24.1 Å². The zero-order valence-corrected chi connectivity index (χ0v) is 15.6. The normalized spacial score (nSPS) is 11.6. The Bertz CT molecular complexity index is 1010. The average molecular weight is 433 g/mol. The molecule has 0 aliphatic carbocycles. The number of benzene rings is 2. The van der Waals surface area contributed by atoms with Gasteiger partial charge in [0.2, 0.25) is 10.0 Å². The summed E-state index contributed by atoms with van der Waals surface area (Å²) in [6.07, 6.45) is -4.25. The second kappa shape index (κ2) is 8.47. The third-order valence-corrected chi connectivity index (χ3v) is 4.74. The number of carbonyl (C=O) groups excluding carboxylic acids is 2. The van der Waals surface area contributed by atoms with Crippen LogP contribution in [0.2, 0.25) is 0 Å². The van der Waals surface area contributed by atoms with E-state index in [-0.39, 0.29) is 12.1 Å². The summed E-state index contributed by atoms with van der Waals surface area (Å²) in [6.45, 7) is -0.244. The molecule has 2 aromatic rings. The van der Waals surface area contributed by atoms with Crippen LogP contribution in [0.15, 0.2) is 48.5 Å². The van der Waals surface area contributed by atoms with Gasteiger partial charge in [-0.3, -0.25) is 24.7 Å². The molecule has 2 amide bonds. The van der Waals surface area contributed by atoms with Crippen molar-refractivity contribution in [1.82, 2.24) is 10.9 Å². The van der Waals surface area contributed by atoms with Gasteiger partial charge in [-0.25, -0.2) is 12.8 Å². The number of alkyl halides is 3. The predicted octanol–water partition coefficient (Wildman–Crippen LogP) is 2.12. The highest BCUT2D eigenvalue weighted by Gasteiger charge is 2.39. The number of hydrogen-bond acceptors (Lipinski definition) is 4. The van der Waals surface area contributed by atoms with Crippen LogP contribution >= 0.6 is 0 Å². The Morgan fingerprint density at radius 1 is 1.03 bits per heavy atom. The van der Waals surface area contributed by atoms with E-state index < -0.39 is 39.4 Å². The molecule has 0 radical (unpaired) electrons. The fourth-order valence-electron chi connectivity index (χ4n) is 2.25. The largest absolute Gasteiger partial charge is 0.472 e. The van der Waals surface area contributed by atoms with Crippen LogP contribution in [-0.4, -0.2) is 32.7 Å². The molecule has 0 unspecified atom stereocenters. The Kier molecular flexibility index (Phi) is 6.47. The Morgan fingerprint density at radius 3 is 2.17 bits per heavy atom.